The summed E-state index contributed by atoms with van der Waals surface area (Å²) in [4.78, 5) is 96.0. The molecule has 0 unspecified atom stereocenters. The molecule has 0 radical (unpaired) electrons. The SMILES string of the molecule is C#Cc1cnc(C(=O)Cc2ccc(C3CC(C)(C)OC(C)(C)C3)nc2C2=CCC(C)(C)CC2)[nH]1.C#Cc1cnc(C(=O)Cc2ccc(C3CC(C)(C)OC(C)(C)C3)nc2C2=CCC(C)(C)CC2)[nH]1.C#Cc1cnc(C(=O)Cc2ccc(C3CC(C)(C)S(=O)(=O)C(C)(C)C3)cc2C2=CCC(C)(C)CC2)[nH]1.C#Cc1cnc(C(=O)Cc2ccc(C3CC(C)(C)S(=O)(=O)C(C)(C)C3)nc2C2=CCC(C)(C)CC2)[nH]1.CS(=O)(=O)O.Cl. The Morgan fingerprint density at radius 3 is 0.842 bits per heavy atom. The number of nitrogens with zero attached hydrogens (tertiary/aromatic N) is 7. The van der Waals surface area contributed by atoms with Gasteiger partial charge in [0.1, 0.15) is 22.8 Å². The van der Waals surface area contributed by atoms with Gasteiger partial charge in [0.2, 0.25) is 23.1 Å². The molecule has 11 heterocycles. The molecule has 4 aliphatic heterocycles. The highest BCUT2D eigenvalue weighted by Gasteiger charge is 2.55. The maximum Gasteiger partial charge on any atom is 0.261 e. The molecule has 4 fully saturated rings. The molecular formula is C118H154ClN11O13S3. The number of hydrogen-bond acceptors (Lipinski definition) is 19. The van der Waals surface area contributed by atoms with Crippen molar-refractivity contribution in [1.29, 1.82) is 0 Å². The molecule has 4 saturated heterocycles. The maximum absolute atomic E-state index is 13.2. The first kappa shape index (κ1) is 116. The van der Waals surface area contributed by atoms with Crippen molar-refractivity contribution in [2.24, 2.45) is 21.7 Å². The van der Waals surface area contributed by atoms with Crippen LogP contribution in [0.4, 0.5) is 0 Å². The highest BCUT2D eigenvalue weighted by Crippen LogP contribution is 2.54. The molecule has 0 saturated carbocycles. The predicted molar refractivity (Wildman–Crippen MR) is 585 cm³/mol. The fourth-order valence-corrected chi connectivity index (χ4v) is 27.3. The van der Waals surface area contributed by atoms with Crippen molar-refractivity contribution < 1.29 is 58.5 Å². The average molecular weight is 2070 g/mol. The number of aromatic amines is 4. The summed E-state index contributed by atoms with van der Waals surface area (Å²) in [5.41, 5.74) is 19.0. The molecule has 1 aromatic carbocycles. The molecule has 8 aromatic rings. The van der Waals surface area contributed by atoms with Crippen LogP contribution in [0.2, 0.25) is 0 Å². The summed E-state index contributed by atoms with van der Waals surface area (Å²) in [6.07, 6.45) is 56.6. The van der Waals surface area contributed by atoms with Gasteiger partial charge in [0.25, 0.3) is 10.1 Å². The molecule has 4 aliphatic carbocycles. The van der Waals surface area contributed by atoms with E-state index in [4.69, 9.17) is 54.7 Å². The number of rotatable bonds is 20. The van der Waals surface area contributed by atoms with Gasteiger partial charge in [0.05, 0.1) is 89.5 Å². The summed E-state index contributed by atoms with van der Waals surface area (Å²) in [5.74, 6) is 11.4. The number of nitrogens with one attached hydrogen (secondary N) is 4. The summed E-state index contributed by atoms with van der Waals surface area (Å²) >= 11 is 0. The molecular weight excluding hydrogens is 1910 g/mol. The first-order valence-corrected chi connectivity index (χ1v) is 55.8. The molecule has 146 heavy (non-hydrogen) atoms. The number of pyridine rings is 3. The molecule has 5 N–H and O–H groups in total. The average Bonchev–Trinajstić information content (AvgIpc) is 0.860. The van der Waals surface area contributed by atoms with Gasteiger partial charge in [-0.25, -0.2) is 36.8 Å². The molecule has 24 nitrogen and oxygen atoms in total. The second-order valence-electron chi connectivity index (χ2n) is 49.5. The Morgan fingerprint density at radius 1 is 0.370 bits per heavy atom. The van der Waals surface area contributed by atoms with Crippen LogP contribution < -0.4 is 0 Å². The number of halogens is 1. The predicted octanol–water partition coefficient (Wildman–Crippen LogP) is 24.4. The van der Waals surface area contributed by atoms with E-state index in [0.29, 0.717) is 89.0 Å². The lowest BCUT2D eigenvalue weighted by Crippen LogP contribution is -2.51. The Balaban J connectivity index is 0.000000182. The highest BCUT2D eigenvalue weighted by molar-refractivity contribution is 7.94. The summed E-state index contributed by atoms with van der Waals surface area (Å²) in [5, 5.41) is 0. The van der Waals surface area contributed by atoms with Gasteiger partial charge in [0.15, 0.2) is 43.0 Å². The number of allylic oxidation sites excluding steroid dienone is 8. The Labute approximate surface area is 874 Å². The third-order valence-electron chi connectivity index (χ3n) is 30.3. The molecule has 0 atom stereocenters. The second-order valence-corrected chi connectivity index (χ2v) is 57.4. The van der Waals surface area contributed by atoms with Gasteiger partial charge >= 0.3 is 0 Å². The third kappa shape index (κ3) is 28.7. The van der Waals surface area contributed by atoms with Crippen molar-refractivity contribution in [2.75, 3.05) is 6.26 Å². The number of carbonyl (C=O) groups is 4. The minimum Gasteiger partial charge on any atom is -0.370 e. The lowest BCUT2D eigenvalue weighted by Gasteiger charge is -2.45. The van der Waals surface area contributed by atoms with Crippen LogP contribution in [0.15, 0.2) is 104 Å². The van der Waals surface area contributed by atoms with Gasteiger partial charge in [-0.1, -0.05) is 140 Å². The standard InChI is InChI=1S/C30H38N2O3S.C29H37N3O3S.2C29H37N3O2.CH4O3S.ClH/c1-8-24-19-31-27(32-24)26(33)16-22-10-9-21(15-25(22)20-11-13-28(2,3)14-12-20)23-17-29(4,5)36(34,35)30(6,7)18-23;1-8-22-18-30-26(31-22)24(33)15-20-9-10-23(32-25(20)19-11-13-27(2,3)14-12-19)21-16-28(4,5)36(34,35)29(6,7)17-21;2*1-8-22-18-30-26(31-22)24(33)15-20-9-10-23(21-16-28(4,5)34-29(6,7)17-21)32-25(20)19-11-13-27(2,3)14-12-19;1-5(2,3)4;/h1,9-11,15,19,23H,12-14,16-18H2,2-7H3,(H,31,32);1,9-11,18,21H,12-17H2,2-7H3,(H,30,31);2*1,9-11,18,21H,12-17H2,2-7H3,(H,30,31);1H3,(H,2,3,4);1H. The topological polar surface area (TPSA) is 363 Å². The largest absolute Gasteiger partial charge is 0.370 e. The number of H-pyrrole nitrogens is 4. The van der Waals surface area contributed by atoms with Gasteiger partial charge in [-0.3, -0.25) is 38.7 Å². The van der Waals surface area contributed by atoms with Crippen molar-refractivity contribution in [2.45, 2.75) is 385 Å². The van der Waals surface area contributed by atoms with E-state index < -0.39 is 48.8 Å². The van der Waals surface area contributed by atoms with Crippen LogP contribution in [0.3, 0.4) is 0 Å². The maximum atomic E-state index is 13.2. The van der Waals surface area contributed by atoms with Crippen molar-refractivity contribution in [1.82, 2.24) is 54.8 Å². The normalized spacial score (nSPS) is 21.5. The van der Waals surface area contributed by atoms with Gasteiger partial charge in [-0.2, -0.15) is 8.42 Å². The number of ketones is 4. The number of carbonyl (C=O) groups excluding carboxylic acids is 4. The summed E-state index contributed by atoms with van der Waals surface area (Å²) < 4.78 is 87.9. The smallest absolute Gasteiger partial charge is 0.261 e. The van der Waals surface area contributed by atoms with Crippen molar-refractivity contribution >= 4 is 87.6 Å². The number of Topliss-reactive ketones (excluding diaryl/α,β-unsaturated/α-hetero) is 4. The molecule has 784 valence electrons. The van der Waals surface area contributed by atoms with E-state index in [1.165, 1.54) is 41.5 Å². The van der Waals surface area contributed by atoms with E-state index in [9.17, 15) is 44.4 Å². The van der Waals surface area contributed by atoms with E-state index in [2.05, 4.69) is 241 Å². The lowest BCUT2D eigenvalue weighted by molar-refractivity contribution is -0.162. The Kier molecular flexibility index (Phi) is 34.8. The monoisotopic (exact) mass is 2060 g/mol. The van der Waals surface area contributed by atoms with E-state index in [1.807, 2.05) is 67.5 Å². The fourth-order valence-electron chi connectivity index (χ4n) is 22.6. The van der Waals surface area contributed by atoms with Gasteiger partial charge in [-0.05, 0) is 341 Å². The molecule has 7 aromatic heterocycles. The summed E-state index contributed by atoms with van der Waals surface area (Å²) in [7, 11) is -10.2. The lowest BCUT2D eigenvalue weighted by atomic mass is 9.75. The zero-order chi connectivity index (χ0) is 107. The highest BCUT2D eigenvalue weighted by atomic mass is 35.5. The van der Waals surface area contributed by atoms with Crippen LogP contribution in [0, 0.1) is 71.0 Å². The summed E-state index contributed by atoms with van der Waals surface area (Å²) in [6.45, 7) is 50.3. The van der Waals surface area contributed by atoms with Gasteiger partial charge < -0.3 is 29.4 Å². The van der Waals surface area contributed by atoms with Crippen LogP contribution in [-0.2, 0) is 64.9 Å². The number of sulfone groups is 2. The Bertz CT molecular complexity index is 6460. The first-order valence-electron chi connectivity index (χ1n) is 50.9. The fraction of sp³-hybridized carbons (Fsp3) is 0.551. The quantitative estimate of drug-likeness (QED) is 0.0269. The van der Waals surface area contributed by atoms with Crippen LogP contribution in [-0.4, -0.2) is 155 Å². The Hall–Kier alpha value is -10.6. The zero-order valence-electron chi connectivity index (χ0n) is 90.5. The van der Waals surface area contributed by atoms with Crippen LogP contribution in [0.5, 0.6) is 0 Å². The van der Waals surface area contributed by atoms with Gasteiger partial charge in [0, 0.05) is 60.5 Å². The van der Waals surface area contributed by atoms with Crippen LogP contribution in [0.1, 0.15) is 451 Å². The first-order chi connectivity index (χ1) is 67.0. The molecule has 0 bridgehead atoms. The number of aromatic nitrogens is 11. The Morgan fingerprint density at radius 2 is 0.603 bits per heavy atom. The van der Waals surface area contributed by atoms with Crippen molar-refractivity contribution in [3.8, 4) is 49.4 Å². The minimum atomic E-state index is -3.67. The molecule has 0 amide bonds. The summed E-state index contributed by atoms with van der Waals surface area (Å²) in [6, 6.07) is 18.7. The number of imidazole rings is 4. The van der Waals surface area contributed by atoms with E-state index in [-0.39, 0.29) is 118 Å². The van der Waals surface area contributed by atoms with E-state index >= 15 is 0 Å². The van der Waals surface area contributed by atoms with E-state index in [0.717, 1.165) is 176 Å². The van der Waals surface area contributed by atoms with Crippen LogP contribution >= 0.6 is 12.4 Å². The third-order valence-corrected chi connectivity index (χ3v) is 36.8. The van der Waals surface area contributed by atoms with Crippen molar-refractivity contribution in [3.63, 3.8) is 0 Å². The molecule has 0 spiro atoms. The zero-order valence-corrected chi connectivity index (χ0v) is 93.8. The molecule has 8 aliphatic rings. The minimum absolute atomic E-state index is 0. The van der Waals surface area contributed by atoms with Gasteiger partial charge in [-0.15, -0.1) is 38.1 Å². The second kappa shape index (κ2) is 43.9. The molecule has 28 heteroatoms. The number of ether oxygens (including phenoxy) is 2. The number of terminal acetylenes is 4. The number of benzene rings is 1. The molecule has 16 rings (SSSR count). The number of hydrogen-bond donors (Lipinski definition) is 5. The van der Waals surface area contributed by atoms with E-state index in [1.54, 1.807) is 0 Å². The van der Waals surface area contributed by atoms with Crippen molar-refractivity contribution in [3.05, 3.63) is 217 Å². The van der Waals surface area contributed by atoms with Crippen LogP contribution in [0.25, 0.3) is 22.3 Å².